The van der Waals surface area contributed by atoms with Crippen molar-refractivity contribution in [3.05, 3.63) is 47.3 Å². The summed E-state index contributed by atoms with van der Waals surface area (Å²) in [5, 5.41) is 14.0. The third kappa shape index (κ3) is 3.07. The minimum atomic E-state index is 0.603. The first-order chi connectivity index (χ1) is 8.66. The number of benzene rings is 1. The van der Waals surface area contributed by atoms with Crippen LogP contribution in [0, 0.1) is 13.8 Å². The first-order valence-corrected chi connectivity index (χ1v) is 6.18. The maximum absolute atomic E-state index is 5.26. The van der Waals surface area contributed by atoms with Crippen molar-refractivity contribution in [1.29, 1.82) is 0 Å². The fraction of sp³-hybridized carbons (Fsp3) is 0.231. The van der Waals surface area contributed by atoms with Gasteiger partial charge in [-0.25, -0.2) is 0 Å². The van der Waals surface area contributed by atoms with Crippen LogP contribution in [0.3, 0.4) is 0 Å². The molecule has 0 saturated heterocycles. The Balaban J connectivity index is 1.90. The molecule has 0 aliphatic carbocycles. The summed E-state index contributed by atoms with van der Waals surface area (Å²) < 4.78 is 0. The Hall–Kier alpha value is -1.88. The zero-order chi connectivity index (χ0) is 13.0. The minimum Gasteiger partial charge on any atom is -0.358 e. The van der Waals surface area contributed by atoms with E-state index in [1.165, 1.54) is 5.56 Å². The molecule has 0 unspecified atom stereocenters. The lowest BCUT2D eigenvalue weighted by molar-refractivity contribution is 0.925. The lowest BCUT2D eigenvalue weighted by Gasteiger charge is -2.10. The number of nitrogens with one attached hydrogen (secondary N) is 3. The van der Waals surface area contributed by atoms with E-state index < -0.39 is 0 Å². The van der Waals surface area contributed by atoms with E-state index in [1.54, 1.807) is 0 Å². The first kappa shape index (κ1) is 12.6. The second-order valence-corrected chi connectivity index (χ2v) is 4.51. The minimum absolute atomic E-state index is 0.603. The highest BCUT2D eigenvalue weighted by molar-refractivity contribution is 7.80. The molecule has 0 fully saturated rings. The molecular weight excluding hydrogens is 244 g/mol. The van der Waals surface area contributed by atoms with Crippen molar-refractivity contribution < 1.29 is 0 Å². The van der Waals surface area contributed by atoms with Gasteiger partial charge in [0.25, 0.3) is 0 Å². The average molecular weight is 260 g/mol. The number of hydrogen-bond acceptors (Lipinski definition) is 2. The van der Waals surface area contributed by atoms with Crippen LogP contribution in [0.5, 0.6) is 0 Å². The summed E-state index contributed by atoms with van der Waals surface area (Å²) in [6.45, 7) is 4.61. The van der Waals surface area contributed by atoms with Gasteiger partial charge in [-0.3, -0.25) is 5.10 Å². The second kappa shape index (κ2) is 5.64. The highest BCUT2D eigenvalue weighted by Gasteiger charge is 2.07. The summed E-state index contributed by atoms with van der Waals surface area (Å²) in [6, 6.07) is 10.1. The molecule has 0 aliphatic heterocycles. The molecule has 0 amide bonds. The third-order valence-corrected chi connectivity index (χ3v) is 2.91. The topological polar surface area (TPSA) is 52.7 Å². The lowest BCUT2D eigenvalue weighted by atomic mass is 10.2. The summed E-state index contributed by atoms with van der Waals surface area (Å²) >= 11 is 5.26. The predicted octanol–water partition coefficient (Wildman–Crippen LogP) is 2.51. The van der Waals surface area contributed by atoms with E-state index >= 15 is 0 Å². The molecule has 18 heavy (non-hydrogen) atoms. The van der Waals surface area contributed by atoms with Crippen LogP contribution in [0.25, 0.3) is 0 Å². The van der Waals surface area contributed by atoms with Crippen LogP contribution in [0.2, 0.25) is 0 Å². The monoisotopic (exact) mass is 260 g/mol. The van der Waals surface area contributed by atoms with Gasteiger partial charge < -0.3 is 10.6 Å². The molecule has 0 radical (unpaired) electrons. The SMILES string of the molecule is Cc1n[nH]c(C)c1NC(=S)NCc1ccccc1. The van der Waals surface area contributed by atoms with Crippen molar-refractivity contribution in [1.82, 2.24) is 15.5 Å². The van der Waals surface area contributed by atoms with Gasteiger partial charge in [-0.15, -0.1) is 0 Å². The van der Waals surface area contributed by atoms with E-state index in [9.17, 15) is 0 Å². The fourth-order valence-corrected chi connectivity index (χ4v) is 1.85. The molecule has 1 heterocycles. The van der Waals surface area contributed by atoms with E-state index in [0.717, 1.165) is 17.1 Å². The second-order valence-electron chi connectivity index (χ2n) is 4.10. The standard InChI is InChI=1S/C13H16N4S/c1-9-12(10(2)17-16-9)15-13(18)14-8-11-6-4-3-5-7-11/h3-7H,8H2,1-2H3,(H,16,17)(H2,14,15,18). The molecule has 2 rings (SSSR count). The highest BCUT2D eigenvalue weighted by Crippen LogP contribution is 2.15. The molecule has 1 aromatic heterocycles. The zero-order valence-electron chi connectivity index (χ0n) is 10.4. The van der Waals surface area contributed by atoms with E-state index in [2.05, 4.69) is 33.0 Å². The van der Waals surface area contributed by atoms with E-state index in [-0.39, 0.29) is 0 Å². The molecule has 0 spiro atoms. The number of thiocarbonyl (C=S) groups is 1. The van der Waals surface area contributed by atoms with Crippen LogP contribution in [-0.4, -0.2) is 15.3 Å². The van der Waals surface area contributed by atoms with Gasteiger partial charge in [0.15, 0.2) is 5.11 Å². The van der Waals surface area contributed by atoms with Gasteiger partial charge in [-0.1, -0.05) is 30.3 Å². The molecule has 2 aromatic rings. The van der Waals surface area contributed by atoms with Crippen LogP contribution in [0.15, 0.2) is 30.3 Å². The number of aryl methyl sites for hydroxylation is 2. The molecule has 1 aromatic carbocycles. The van der Waals surface area contributed by atoms with E-state index in [0.29, 0.717) is 11.7 Å². The van der Waals surface area contributed by atoms with Crippen LogP contribution in [-0.2, 0) is 6.54 Å². The van der Waals surface area contributed by atoms with Crippen molar-refractivity contribution in [2.45, 2.75) is 20.4 Å². The predicted molar refractivity (Wildman–Crippen MR) is 77.6 cm³/mol. The van der Waals surface area contributed by atoms with Gasteiger partial charge in [-0.2, -0.15) is 5.10 Å². The van der Waals surface area contributed by atoms with E-state index in [4.69, 9.17) is 12.2 Å². The quantitative estimate of drug-likeness (QED) is 0.742. The largest absolute Gasteiger partial charge is 0.358 e. The highest BCUT2D eigenvalue weighted by atomic mass is 32.1. The molecule has 5 heteroatoms. The van der Waals surface area contributed by atoms with Crippen LogP contribution in [0.4, 0.5) is 5.69 Å². The molecule has 0 bridgehead atoms. The van der Waals surface area contributed by atoms with Crippen LogP contribution < -0.4 is 10.6 Å². The summed E-state index contributed by atoms with van der Waals surface area (Å²) in [4.78, 5) is 0. The maximum atomic E-state index is 5.26. The van der Waals surface area contributed by atoms with Gasteiger partial charge in [0.05, 0.1) is 17.1 Å². The summed E-state index contributed by atoms with van der Waals surface area (Å²) in [7, 11) is 0. The maximum Gasteiger partial charge on any atom is 0.171 e. The molecule has 0 atom stereocenters. The lowest BCUT2D eigenvalue weighted by Crippen LogP contribution is -2.28. The Kier molecular flexibility index (Phi) is 3.94. The smallest absolute Gasteiger partial charge is 0.171 e. The Labute approximate surface area is 112 Å². The average Bonchev–Trinajstić information content (AvgIpc) is 2.69. The first-order valence-electron chi connectivity index (χ1n) is 5.77. The Morgan fingerprint density at radius 2 is 2.00 bits per heavy atom. The van der Waals surface area contributed by atoms with Gasteiger partial charge in [-0.05, 0) is 31.6 Å². The summed E-state index contributed by atoms with van der Waals surface area (Å²) in [5.74, 6) is 0. The van der Waals surface area contributed by atoms with Crippen molar-refractivity contribution >= 4 is 23.0 Å². The number of H-pyrrole nitrogens is 1. The Bertz CT molecular complexity index is 514. The summed E-state index contributed by atoms with van der Waals surface area (Å²) in [5.41, 5.74) is 4.04. The summed E-state index contributed by atoms with van der Waals surface area (Å²) in [6.07, 6.45) is 0. The number of hydrogen-bond donors (Lipinski definition) is 3. The van der Waals surface area contributed by atoms with E-state index in [1.807, 2.05) is 32.0 Å². The number of anilines is 1. The number of nitrogens with zero attached hydrogens (tertiary/aromatic N) is 1. The zero-order valence-corrected chi connectivity index (χ0v) is 11.3. The molecule has 94 valence electrons. The van der Waals surface area contributed by atoms with Crippen molar-refractivity contribution in [2.75, 3.05) is 5.32 Å². The van der Waals surface area contributed by atoms with Crippen molar-refractivity contribution in [3.63, 3.8) is 0 Å². The molecule has 0 saturated carbocycles. The number of aromatic amines is 1. The number of aromatic nitrogens is 2. The van der Waals surface area contributed by atoms with Gasteiger partial charge in [0.2, 0.25) is 0 Å². The van der Waals surface area contributed by atoms with Gasteiger partial charge in [0, 0.05) is 6.54 Å². The normalized spacial score (nSPS) is 10.1. The number of rotatable bonds is 3. The Morgan fingerprint density at radius 1 is 1.28 bits per heavy atom. The van der Waals surface area contributed by atoms with Crippen LogP contribution in [0.1, 0.15) is 17.0 Å². The van der Waals surface area contributed by atoms with Gasteiger partial charge in [0.1, 0.15) is 0 Å². The van der Waals surface area contributed by atoms with Crippen molar-refractivity contribution in [3.8, 4) is 0 Å². The van der Waals surface area contributed by atoms with Crippen molar-refractivity contribution in [2.24, 2.45) is 0 Å². The third-order valence-electron chi connectivity index (χ3n) is 2.66. The molecule has 0 aliphatic rings. The molecular formula is C13H16N4S. The van der Waals surface area contributed by atoms with Crippen LogP contribution >= 0.6 is 12.2 Å². The molecule has 3 N–H and O–H groups in total. The fourth-order valence-electron chi connectivity index (χ4n) is 1.67. The molecule has 4 nitrogen and oxygen atoms in total. The Morgan fingerprint density at radius 3 is 2.61 bits per heavy atom. The van der Waals surface area contributed by atoms with Gasteiger partial charge >= 0.3 is 0 Å².